The summed E-state index contributed by atoms with van der Waals surface area (Å²) in [5, 5.41) is 14.4. The van der Waals surface area contributed by atoms with Crippen molar-refractivity contribution in [3.05, 3.63) is 147 Å². The molecule has 0 saturated heterocycles. The normalized spacial score (nSPS) is 11.3. The Labute approximate surface area is 264 Å². The van der Waals surface area contributed by atoms with Crippen LogP contribution in [-0.2, 0) is 25.9 Å². The fourth-order valence-corrected chi connectivity index (χ4v) is 5.94. The Bertz CT molecular complexity index is 2220. The number of hydrogen-bond donors (Lipinski definition) is 1. The highest BCUT2D eigenvalue weighted by Gasteiger charge is 2.22. The van der Waals surface area contributed by atoms with Gasteiger partial charge < -0.3 is 4.57 Å². The Kier molecular flexibility index (Phi) is 7.91. The number of hydrogen-bond acceptors (Lipinski definition) is 6. The van der Waals surface area contributed by atoms with E-state index in [1.807, 2.05) is 89.5 Å². The van der Waals surface area contributed by atoms with Gasteiger partial charge in [-0.15, -0.1) is 5.10 Å². The van der Waals surface area contributed by atoms with E-state index < -0.39 is 5.69 Å². The monoisotopic (exact) mass is 608 g/mol. The van der Waals surface area contributed by atoms with Crippen molar-refractivity contribution in [3.8, 4) is 28.2 Å². The van der Waals surface area contributed by atoms with Crippen LogP contribution in [0, 0.1) is 0 Å². The lowest BCUT2D eigenvalue weighted by Crippen LogP contribution is -2.40. The van der Waals surface area contributed by atoms with Gasteiger partial charge in [0.25, 0.3) is 5.56 Å². The standard InChI is InChI=1S/C36H32N8O2/c1-2-11-31-37-34-32(35(45)42(23-22-25-12-5-3-6-13-25)36(46)44(34)28-14-7-4-8-15-28)43(31)24-26-18-20-27(21-19-26)29-16-9-10-17-30(29)33-38-40-41-39-33/h3-10,12-21H,2,11,22-24H2,1H3,(H,38,39,40,41). The molecule has 0 unspecified atom stereocenters. The van der Waals surface area contributed by atoms with E-state index in [1.54, 1.807) is 4.57 Å². The van der Waals surface area contributed by atoms with Gasteiger partial charge in [0.1, 0.15) is 5.82 Å². The maximum atomic E-state index is 14.2. The second-order valence-corrected chi connectivity index (χ2v) is 11.2. The first-order chi connectivity index (χ1) is 22.6. The van der Waals surface area contributed by atoms with Crippen LogP contribution < -0.4 is 11.2 Å². The van der Waals surface area contributed by atoms with E-state index in [2.05, 4.69) is 51.8 Å². The van der Waals surface area contributed by atoms with E-state index >= 15 is 0 Å². The van der Waals surface area contributed by atoms with Crippen molar-refractivity contribution in [2.75, 3.05) is 0 Å². The molecule has 0 atom stereocenters. The summed E-state index contributed by atoms with van der Waals surface area (Å²) in [4.78, 5) is 33.2. The van der Waals surface area contributed by atoms with Crippen LogP contribution in [0.4, 0.5) is 0 Å². The molecule has 3 aromatic heterocycles. The Morgan fingerprint density at radius 1 is 0.717 bits per heavy atom. The maximum Gasteiger partial charge on any atom is 0.337 e. The highest BCUT2D eigenvalue weighted by Crippen LogP contribution is 2.30. The summed E-state index contributed by atoms with van der Waals surface area (Å²) in [6.07, 6.45) is 2.06. The topological polar surface area (TPSA) is 116 Å². The summed E-state index contributed by atoms with van der Waals surface area (Å²) < 4.78 is 4.92. The van der Waals surface area contributed by atoms with Gasteiger partial charge in [0, 0.05) is 25.1 Å². The fourth-order valence-electron chi connectivity index (χ4n) is 5.94. The van der Waals surface area contributed by atoms with E-state index in [1.165, 1.54) is 4.57 Å². The Morgan fingerprint density at radius 3 is 2.11 bits per heavy atom. The Morgan fingerprint density at radius 2 is 1.41 bits per heavy atom. The van der Waals surface area contributed by atoms with Crippen molar-refractivity contribution < 1.29 is 0 Å². The summed E-state index contributed by atoms with van der Waals surface area (Å²) in [6, 6.07) is 35.5. The summed E-state index contributed by atoms with van der Waals surface area (Å²) >= 11 is 0. The molecule has 228 valence electrons. The second kappa shape index (κ2) is 12.6. The molecule has 0 fully saturated rings. The van der Waals surface area contributed by atoms with E-state index in [0.717, 1.165) is 40.1 Å². The molecule has 0 aliphatic carbocycles. The van der Waals surface area contributed by atoms with Crippen molar-refractivity contribution in [2.45, 2.75) is 39.3 Å². The number of imidazole rings is 1. The molecule has 0 aliphatic rings. The molecule has 7 aromatic rings. The van der Waals surface area contributed by atoms with Crippen LogP contribution in [0.5, 0.6) is 0 Å². The smallest absolute Gasteiger partial charge is 0.318 e. The summed E-state index contributed by atoms with van der Waals surface area (Å²) in [6.45, 7) is 2.77. The number of H-pyrrole nitrogens is 1. The SMILES string of the molecule is CCCc1nc2c(c(=O)n(CCc3ccccc3)c(=O)n2-c2ccccc2)n1Cc1ccc(-c2ccccc2-c2nnn[nH]2)cc1. The van der Waals surface area contributed by atoms with Gasteiger partial charge in [0.15, 0.2) is 17.0 Å². The molecule has 10 heteroatoms. The van der Waals surface area contributed by atoms with Gasteiger partial charge in [-0.1, -0.05) is 104 Å². The lowest BCUT2D eigenvalue weighted by molar-refractivity contribution is 0.615. The van der Waals surface area contributed by atoms with Crippen LogP contribution in [0.25, 0.3) is 39.4 Å². The zero-order valence-electron chi connectivity index (χ0n) is 25.4. The molecule has 4 aromatic carbocycles. The minimum absolute atomic E-state index is 0.257. The second-order valence-electron chi connectivity index (χ2n) is 11.2. The molecule has 3 heterocycles. The van der Waals surface area contributed by atoms with Crippen LogP contribution >= 0.6 is 0 Å². The van der Waals surface area contributed by atoms with Gasteiger partial charge in [-0.3, -0.25) is 9.36 Å². The number of benzene rings is 4. The first-order valence-corrected chi connectivity index (χ1v) is 15.4. The largest absolute Gasteiger partial charge is 0.337 e. The number of aromatic nitrogens is 8. The van der Waals surface area contributed by atoms with Crippen molar-refractivity contribution in [1.82, 2.24) is 39.3 Å². The first-order valence-electron chi connectivity index (χ1n) is 15.4. The van der Waals surface area contributed by atoms with Gasteiger partial charge in [-0.05, 0) is 57.7 Å². The van der Waals surface area contributed by atoms with Gasteiger partial charge in [-0.25, -0.2) is 19.4 Å². The van der Waals surface area contributed by atoms with Gasteiger partial charge in [0.2, 0.25) is 0 Å². The predicted molar refractivity (Wildman–Crippen MR) is 178 cm³/mol. The molecule has 0 bridgehead atoms. The molecule has 7 rings (SSSR count). The van der Waals surface area contributed by atoms with Crippen molar-refractivity contribution >= 4 is 11.2 Å². The third-order valence-electron chi connectivity index (χ3n) is 8.20. The number of aryl methyl sites for hydroxylation is 2. The van der Waals surface area contributed by atoms with Crippen LogP contribution in [0.15, 0.2) is 119 Å². The lowest BCUT2D eigenvalue weighted by atomic mass is 9.98. The van der Waals surface area contributed by atoms with Crippen molar-refractivity contribution in [1.29, 1.82) is 0 Å². The molecule has 1 N–H and O–H groups in total. The Balaban J connectivity index is 1.33. The number of aromatic amines is 1. The van der Waals surface area contributed by atoms with E-state index in [-0.39, 0.29) is 12.1 Å². The zero-order chi connectivity index (χ0) is 31.5. The molecule has 0 amide bonds. The minimum Gasteiger partial charge on any atom is -0.318 e. The van der Waals surface area contributed by atoms with Crippen LogP contribution in [0.2, 0.25) is 0 Å². The lowest BCUT2D eigenvalue weighted by Gasteiger charge is -2.14. The molecule has 0 saturated carbocycles. The third kappa shape index (κ3) is 5.45. The fraction of sp³-hybridized carbons (Fsp3) is 0.167. The number of fused-ring (bicyclic) bond motifs is 1. The molecule has 0 spiro atoms. The average molecular weight is 609 g/mol. The predicted octanol–water partition coefficient (Wildman–Crippen LogP) is 5.44. The molecule has 10 nitrogen and oxygen atoms in total. The third-order valence-corrected chi connectivity index (χ3v) is 8.20. The van der Waals surface area contributed by atoms with Crippen LogP contribution in [0.1, 0.15) is 30.3 Å². The number of rotatable bonds is 10. The van der Waals surface area contributed by atoms with Crippen LogP contribution in [-0.4, -0.2) is 39.3 Å². The maximum absolute atomic E-state index is 14.2. The van der Waals surface area contributed by atoms with Crippen molar-refractivity contribution in [3.63, 3.8) is 0 Å². The summed E-state index contributed by atoms with van der Waals surface area (Å²) in [5.74, 6) is 1.37. The number of nitrogens with zero attached hydrogens (tertiary/aromatic N) is 7. The van der Waals surface area contributed by atoms with Gasteiger partial charge in [0.05, 0.1) is 5.69 Å². The molecule has 0 radical (unpaired) electrons. The van der Waals surface area contributed by atoms with Crippen LogP contribution in [0.3, 0.4) is 0 Å². The summed E-state index contributed by atoms with van der Waals surface area (Å²) in [7, 11) is 0. The highest BCUT2D eigenvalue weighted by molar-refractivity contribution is 5.80. The molecular formula is C36H32N8O2. The number of nitrogens with one attached hydrogen (secondary N) is 1. The quantitative estimate of drug-likeness (QED) is 0.221. The van der Waals surface area contributed by atoms with Crippen molar-refractivity contribution in [2.24, 2.45) is 0 Å². The van der Waals surface area contributed by atoms with E-state index in [4.69, 9.17) is 4.98 Å². The zero-order valence-corrected chi connectivity index (χ0v) is 25.4. The summed E-state index contributed by atoms with van der Waals surface area (Å²) in [5.41, 5.74) is 5.74. The van der Waals surface area contributed by atoms with E-state index in [0.29, 0.717) is 42.1 Å². The number of para-hydroxylation sites is 1. The number of tetrazole rings is 1. The van der Waals surface area contributed by atoms with E-state index in [9.17, 15) is 9.59 Å². The molecule has 46 heavy (non-hydrogen) atoms. The molecule has 0 aliphatic heterocycles. The average Bonchev–Trinajstić information content (AvgIpc) is 3.75. The van der Waals surface area contributed by atoms with Gasteiger partial charge >= 0.3 is 5.69 Å². The van der Waals surface area contributed by atoms with Gasteiger partial charge in [-0.2, -0.15) is 0 Å². The Hall–Kier alpha value is -5.90. The first kappa shape index (κ1) is 28.8. The highest BCUT2D eigenvalue weighted by atomic mass is 16.2. The minimum atomic E-state index is -0.391. The molecular weight excluding hydrogens is 576 g/mol.